The van der Waals surface area contributed by atoms with Gasteiger partial charge in [-0.15, -0.1) is 0 Å². The van der Waals surface area contributed by atoms with E-state index in [4.69, 9.17) is 9.47 Å². The maximum Gasteiger partial charge on any atom is 0.338 e. The highest BCUT2D eigenvalue weighted by molar-refractivity contribution is 6.22. The highest BCUT2D eigenvalue weighted by Crippen LogP contribution is 2.24. The molecule has 1 saturated heterocycles. The molecule has 2 amide bonds. The second-order valence-electron chi connectivity index (χ2n) is 8.08. The third kappa shape index (κ3) is 5.47. The number of carbonyl (C=O) groups excluding carboxylic acids is 4. The largest absolute Gasteiger partial charge is 0.496 e. The van der Waals surface area contributed by atoms with Gasteiger partial charge in [0.15, 0.2) is 6.61 Å². The van der Waals surface area contributed by atoms with Crippen LogP contribution in [0.4, 0.5) is 10.1 Å². The van der Waals surface area contributed by atoms with Crippen LogP contribution in [-0.2, 0) is 20.9 Å². The third-order valence-corrected chi connectivity index (χ3v) is 5.72. The molecule has 3 aromatic rings. The minimum atomic E-state index is -0.720. The van der Waals surface area contributed by atoms with Crippen molar-refractivity contribution in [3.63, 3.8) is 0 Å². The monoisotopic (exact) mass is 490 g/mol. The van der Waals surface area contributed by atoms with Gasteiger partial charge in [-0.1, -0.05) is 24.3 Å². The summed E-state index contributed by atoms with van der Waals surface area (Å²) in [4.78, 5) is 51.2. The average molecular weight is 490 g/mol. The Balaban J connectivity index is 1.35. The Kier molecular flexibility index (Phi) is 7.50. The molecule has 184 valence electrons. The zero-order chi connectivity index (χ0) is 25.7. The van der Waals surface area contributed by atoms with E-state index in [0.29, 0.717) is 23.5 Å². The van der Waals surface area contributed by atoms with Gasteiger partial charge >= 0.3 is 5.97 Å². The second kappa shape index (κ2) is 10.9. The van der Waals surface area contributed by atoms with Crippen molar-refractivity contribution in [1.82, 2.24) is 5.32 Å². The molecular formula is C27H23FN2O6. The summed E-state index contributed by atoms with van der Waals surface area (Å²) in [5, 5.41) is 3.03. The number of esters is 1. The van der Waals surface area contributed by atoms with Crippen LogP contribution in [0.5, 0.6) is 5.75 Å². The predicted octanol–water partition coefficient (Wildman–Crippen LogP) is 3.30. The van der Waals surface area contributed by atoms with Crippen molar-refractivity contribution in [2.45, 2.75) is 19.0 Å². The predicted molar refractivity (Wildman–Crippen MR) is 128 cm³/mol. The Labute approximate surface area is 206 Å². The molecule has 36 heavy (non-hydrogen) atoms. The van der Waals surface area contributed by atoms with E-state index in [1.165, 1.54) is 43.5 Å². The van der Waals surface area contributed by atoms with Crippen molar-refractivity contribution in [2.24, 2.45) is 0 Å². The number of ketones is 1. The molecule has 0 bridgehead atoms. The Bertz CT molecular complexity index is 1290. The SMILES string of the molecule is COc1ccccc1C(=O)COC(=O)c1ccc(N2C(=O)CC(NCc3ccc(F)cc3)C2=O)cc1. The lowest BCUT2D eigenvalue weighted by atomic mass is 10.1. The molecule has 8 nitrogen and oxygen atoms in total. The molecule has 1 aliphatic heterocycles. The van der Waals surface area contributed by atoms with E-state index < -0.39 is 30.3 Å². The van der Waals surface area contributed by atoms with Crippen molar-refractivity contribution >= 4 is 29.3 Å². The molecule has 0 radical (unpaired) electrons. The van der Waals surface area contributed by atoms with Crippen molar-refractivity contribution in [3.8, 4) is 5.75 Å². The summed E-state index contributed by atoms with van der Waals surface area (Å²) in [6.45, 7) is -0.165. The van der Waals surface area contributed by atoms with E-state index in [-0.39, 0.29) is 23.7 Å². The number of para-hydroxylation sites is 1. The van der Waals surface area contributed by atoms with Crippen molar-refractivity contribution < 1.29 is 33.0 Å². The highest BCUT2D eigenvalue weighted by Gasteiger charge is 2.39. The van der Waals surface area contributed by atoms with Gasteiger partial charge in [0, 0.05) is 6.54 Å². The van der Waals surface area contributed by atoms with E-state index in [2.05, 4.69) is 5.32 Å². The van der Waals surface area contributed by atoms with Crippen LogP contribution >= 0.6 is 0 Å². The molecule has 1 fully saturated rings. The first kappa shape index (κ1) is 24.7. The smallest absolute Gasteiger partial charge is 0.338 e. The molecule has 1 N–H and O–H groups in total. The second-order valence-corrected chi connectivity index (χ2v) is 8.08. The summed E-state index contributed by atoms with van der Waals surface area (Å²) in [5.41, 5.74) is 1.56. The molecule has 1 atom stereocenters. The van der Waals surface area contributed by atoms with Crippen LogP contribution in [0, 0.1) is 5.82 Å². The number of Topliss-reactive ketones (excluding diaryl/α,β-unsaturated/α-hetero) is 1. The Morgan fingerprint density at radius 2 is 1.69 bits per heavy atom. The first-order chi connectivity index (χ1) is 17.4. The van der Waals surface area contributed by atoms with Gasteiger partial charge in [-0.05, 0) is 54.1 Å². The number of nitrogens with one attached hydrogen (secondary N) is 1. The molecular weight excluding hydrogens is 467 g/mol. The zero-order valence-electron chi connectivity index (χ0n) is 19.4. The van der Waals surface area contributed by atoms with E-state index in [0.717, 1.165) is 10.5 Å². The lowest BCUT2D eigenvalue weighted by Gasteiger charge is -2.16. The molecule has 1 heterocycles. The normalized spacial score (nSPS) is 15.2. The summed E-state index contributed by atoms with van der Waals surface area (Å²) >= 11 is 0. The average Bonchev–Trinajstić information content (AvgIpc) is 3.19. The van der Waals surface area contributed by atoms with Crippen LogP contribution in [0.25, 0.3) is 0 Å². The minimum absolute atomic E-state index is 0.0190. The number of anilines is 1. The number of carbonyl (C=O) groups is 4. The van der Waals surface area contributed by atoms with Gasteiger partial charge in [0.2, 0.25) is 11.7 Å². The number of halogens is 1. The molecule has 0 aromatic heterocycles. The van der Waals surface area contributed by atoms with Crippen LogP contribution in [0.3, 0.4) is 0 Å². The van der Waals surface area contributed by atoms with E-state index in [1.807, 2.05) is 0 Å². The van der Waals surface area contributed by atoms with E-state index in [9.17, 15) is 23.6 Å². The Morgan fingerprint density at radius 1 is 1.00 bits per heavy atom. The maximum absolute atomic E-state index is 13.1. The fourth-order valence-electron chi connectivity index (χ4n) is 3.82. The van der Waals surface area contributed by atoms with Crippen LogP contribution in [0.2, 0.25) is 0 Å². The van der Waals surface area contributed by atoms with Crippen molar-refractivity contribution in [1.29, 1.82) is 0 Å². The summed E-state index contributed by atoms with van der Waals surface area (Å²) < 4.78 is 23.3. The number of nitrogens with zero attached hydrogens (tertiary/aromatic N) is 1. The number of benzene rings is 3. The maximum atomic E-state index is 13.1. The molecule has 3 aromatic carbocycles. The van der Waals surface area contributed by atoms with Crippen molar-refractivity contribution in [3.05, 3.63) is 95.3 Å². The summed E-state index contributed by atoms with van der Waals surface area (Å²) in [6, 6.07) is 17.5. The van der Waals surface area contributed by atoms with Gasteiger partial charge < -0.3 is 14.8 Å². The third-order valence-electron chi connectivity index (χ3n) is 5.72. The Hall–Kier alpha value is -4.37. The van der Waals surface area contributed by atoms with Gasteiger partial charge in [0.25, 0.3) is 5.91 Å². The number of hydrogen-bond donors (Lipinski definition) is 1. The van der Waals surface area contributed by atoms with Gasteiger partial charge in [0.1, 0.15) is 11.6 Å². The lowest BCUT2D eigenvalue weighted by Crippen LogP contribution is -2.38. The van der Waals surface area contributed by atoms with Crippen LogP contribution in [-0.4, -0.2) is 43.3 Å². The van der Waals surface area contributed by atoms with Gasteiger partial charge in [-0.2, -0.15) is 0 Å². The number of amides is 2. The van der Waals surface area contributed by atoms with Gasteiger partial charge in [-0.3, -0.25) is 14.4 Å². The first-order valence-electron chi connectivity index (χ1n) is 11.2. The van der Waals surface area contributed by atoms with Crippen LogP contribution in [0.1, 0.15) is 32.7 Å². The molecule has 9 heteroatoms. The number of imide groups is 1. The minimum Gasteiger partial charge on any atom is -0.496 e. The fraction of sp³-hybridized carbons (Fsp3) is 0.185. The molecule has 0 aliphatic carbocycles. The summed E-state index contributed by atoms with van der Waals surface area (Å²) in [7, 11) is 1.44. The number of hydrogen-bond acceptors (Lipinski definition) is 7. The van der Waals surface area contributed by atoms with E-state index >= 15 is 0 Å². The molecule has 1 aliphatic rings. The standard InChI is InChI=1S/C27H23FN2O6/c1-35-24-5-3-2-4-21(24)23(31)16-36-27(34)18-8-12-20(13-9-18)30-25(32)14-22(26(30)33)29-15-17-6-10-19(28)11-7-17/h2-13,22,29H,14-16H2,1H3. The zero-order valence-corrected chi connectivity index (χ0v) is 19.4. The van der Waals surface area contributed by atoms with Crippen LogP contribution in [0.15, 0.2) is 72.8 Å². The lowest BCUT2D eigenvalue weighted by molar-refractivity contribution is -0.121. The topological polar surface area (TPSA) is 102 Å². The fourth-order valence-corrected chi connectivity index (χ4v) is 3.82. The highest BCUT2D eigenvalue weighted by atomic mass is 19.1. The van der Waals surface area contributed by atoms with Gasteiger partial charge in [0.05, 0.1) is 36.4 Å². The van der Waals surface area contributed by atoms with E-state index in [1.54, 1.807) is 36.4 Å². The molecule has 4 rings (SSSR count). The van der Waals surface area contributed by atoms with Crippen LogP contribution < -0.4 is 15.0 Å². The number of methoxy groups -OCH3 is 1. The molecule has 0 saturated carbocycles. The summed E-state index contributed by atoms with van der Waals surface area (Å²) in [6.07, 6.45) is -0.0190. The molecule has 0 spiro atoms. The quantitative estimate of drug-likeness (QED) is 0.279. The van der Waals surface area contributed by atoms with Crippen molar-refractivity contribution in [2.75, 3.05) is 18.6 Å². The number of ether oxygens (including phenoxy) is 2. The summed E-state index contributed by atoms with van der Waals surface area (Å²) in [5.74, 6) is -1.90. The first-order valence-corrected chi connectivity index (χ1v) is 11.2. The molecule has 1 unspecified atom stereocenters. The van der Waals surface area contributed by atoms with Gasteiger partial charge in [-0.25, -0.2) is 14.1 Å². The number of rotatable bonds is 9. The Morgan fingerprint density at radius 3 is 2.39 bits per heavy atom.